The summed E-state index contributed by atoms with van der Waals surface area (Å²) in [5, 5.41) is 0. The molecule has 0 heterocycles. The molecule has 1 heteroatoms. The van der Waals surface area contributed by atoms with Crippen LogP contribution in [0.2, 0.25) is 0 Å². The first-order valence-electron chi connectivity index (χ1n) is 21.1. The van der Waals surface area contributed by atoms with Crippen molar-refractivity contribution in [2.45, 2.75) is 31.6 Å². The van der Waals surface area contributed by atoms with Crippen LogP contribution in [0.1, 0.15) is 48.6 Å². The average Bonchev–Trinajstić information content (AvgIpc) is 3.71. The summed E-state index contributed by atoms with van der Waals surface area (Å²) < 4.78 is 0. The summed E-state index contributed by atoms with van der Waals surface area (Å²) in [5.74, 6) is 0. The van der Waals surface area contributed by atoms with Crippen molar-refractivity contribution in [2.75, 3.05) is 4.90 Å². The Labute approximate surface area is 353 Å². The van der Waals surface area contributed by atoms with Gasteiger partial charge < -0.3 is 4.90 Å². The van der Waals surface area contributed by atoms with Crippen molar-refractivity contribution in [3.63, 3.8) is 0 Å². The molecule has 0 aromatic heterocycles. The van der Waals surface area contributed by atoms with Crippen LogP contribution < -0.4 is 4.90 Å². The minimum Gasteiger partial charge on any atom is -0.310 e. The van der Waals surface area contributed by atoms with Crippen molar-refractivity contribution in [2.24, 2.45) is 0 Å². The Hall–Kier alpha value is -7.22. The smallest absolute Gasteiger partial charge is 0.0465 e. The molecule has 0 radical (unpaired) electrons. The summed E-state index contributed by atoms with van der Waals surface area (Å²) in [4.78, 5) is 2.43. The summed E-state index contributed by atoms with van der Waals surface area (Å²) >= 11 is 0. The number of rotatable bonds is 7. The number of benzene rings is 9. The van der Waals surface area contributed by atoms with Crippen LogP contribution in [0.3, 0.4) is 0 Å². The third-order valence-corrected chi connectivity index (χ3v) is 13.4. The molecule has 0 fully saturated rings. The highest BCUT2D eigenvalue weighted by Crippen LogP contribution is 2.55. The standard InChI is InChI=1S/C59H45N/c1-58(2)54-23-12-10-20-51(54)53-22-14-21-49(57(53)58)44-31-35-47(36-32-44)60(46-33-29-43(30-34-46)42-27-25-41(26-28-42)40-15-6-4-7-16-40)48-37-38-52-50-19-11-13-24-55(50)59(3,56(52)39-48)45-17-8-5-9-18-45/h4-39H,1-3H3. The monoisotopic (exact) mass is 767 g/mol. The van der Waals surface area contributed by atoms with Gasteiger partial charge in [-0.25, -0.2) is 0 Å². The molecule has 0 bridgehead atoms. The third kappa shape index (κ3) is 5.61. The second-order valence-corrected chi connectivity index (χ2v) is 17.0. The predicted molar refractivity (Wildman–Crippen MR) is 252 cm³/mol. The Morgan fingerprint density at radius 2 is 0.733 bits per heavy atom. The molecule has 0 N–H and O–H groups in total. The van der Waals surface area contributed by atoms with E-state index < -0.39 is 0 Å². The molecule has 1 unspecified atom stereocenters. The quantitative estimate of drug-likeness (QED) is 0.156. The first kappa shape index (κ1) is 35.9. The molecule has 2 aliphatic rings. The van der Waals surface area contributed by atoms with Gasteiger partial charge >= 0.3 is 0 Å². The topological polar surface area (TPSA) is 3.24 Å². The van der Waals surface area contributed by atoms with Gasteiger partial charge in [-0.05, 0) is 127 Å². The molecule has 0 aliphatic heterocycles. The van der Waals surface area contributed by atoms with Gasteiger partial charge in [-0.1, -0.05) is 196 Å². The van der Waals surface area contributed by atoms with E-state index in [9.17, 15) is 0 Å². The van der Waals surface area contributed by atoms with Crippen LogP contribution in [0.25, 0.3) is 55.6 Å². The van der Waals surface area contributed by atoms with Gasteiger partial charge in [0.15, 0.2) is 0 Å². The molecule has 1 nitrogen and oxygen atoms in total. The predicted octanol–water partition coefficient (Wildman–Crippen LogP) is 15.8. The molecule has 60 heavy (non-hydrogen) atoms. The maximum Gasteiger partial charge on any atom is 0.0465 e. The molecule has 1 atom stereocenters. The minimum absolute atomic E-state index is 0.0930. The van der Waals surface area contributed by atoms with E-state index >= 15 is 0 Å². The maximum atomic E-state index is 2.44. The van der Waals surface area contributed by atoms with E-state index in [-0.39, 0.29) is 10.8 Å². The summed E-state index contributed by atoms with van der Waals surface area (Å²) in [6.45, 7) is 7.13. The van der Waals surface area contributed by atoms with E-state index in [1.165, 1.54) is 83.5 Å². The van der Waals surface area contributed by atoms with Crippen molar-refractivity contribution in [3.05, 3.63) is 246 Å². The summed E-state index contributed by atoms with van der Waals surface area (Å²) in [5.41, 5.74) is 22.4. The van der Waals surface area contributed by atoms with E-state index in [0.29, 0.717) is 0 Å². The molecule has 0 amide bonds. The largest absolute Gasteiger partial charge is 0.310 e. The second kappa shape index (κ2) is 14.0. The lowest BCUT2D eigenvalue weighted by Crippen LogP contribution is -2.22. The SMILES string of the molecule is CC1(C)c2ccccc2-c2cccc(-c3ccc(N(c4ccc(-c5ccc(-c6ccccc6)cc5)cc4)c4ccc5c(c4)C(C)(c4ccccc4)c4ccccc4-5)cc3)c21. The Balaban J connectivity index is 1.02. The Morgan fingerprint density at radius 3 is 1.37 bits per heavy atom. The normalized spacial score (nSPS) is 15.4. The summed E-state index contributed by atoms with van der Waals surface area (Å²) in [7, 11) is 0. The van der Waals surface area contributed by atoms with Gasteiger partial charge in [0, 0.05) is 27.9 Å². The van der Waals surface area contributed by atoms with E-state index in [2.05, 4.69) is 244 Å². The molecular weight excluding hydrogens is 723 g/mol. The fourth-order valence-electron chi connectivity index (χ4n) is 10.3. The zero-order chi connectivity index (χ0) is 40.4. The third-order valence-electron chi connectivity index (χ3n) is 13.4. The zero-order valence-corrected chi connectivity index (χ0v) is 34.2. The number of hydrogen-bond donors (Lipinski definition) is 0. The summed E-state index contributed by atoms with van der Waals surface area (Å²) in [6, 6.07) is 80.5. The van der Waals surface area contributed by atoms with Crippen molar-refractivity contribution in [3.8, 4) is 55.6 Å². The van der Waals surface area contributed by atoms with E-state index in [4.69, 9.17) is 0 Å². The van der Waals surface area contributed by atoms with Gasteiger partial charge in [-0.15, -0.1) is 0 Å². The maximum absolute atomic E-state index is 2.44. The molecule has 0 spiro atoms. The fourth-order valence-corrected chi connectivity index (χ4v) is 10.3. The Morgan fingerprint density at radius 1 is 0.300 bits per heavy atom. The molecule has 9 aromatic carbocycles. The van der Waals surface area contributed by atoms with Crippen molar-refractivity contribution < 1.29 is 0 Å². The molecule has 0 saturated heterocycles. The van der Waals surface area contributed by atoms with Crippen LogP contribution in [0.15, 0.2) is 218 Å². The Kier molecular flexibility index (Phi) is 8.36. The molecule has 9 aromatic rings. The molecule has 11 rings (SSSR count). The molecule has 286 valence electrons. The van der Waals surface area contributed by atoms with Crippen LogP contribution in [0.5, 0.6) is 0 Å². The Bertz CT molecular complexity index is 3030. The second-order valence-electron chi connectivity index (χ2n) is 17.0. The van der Waals surface area contributed by atoms with E-state index in [1.54, 1.807) is 0 Å². The average molecular weight is 768 g/mol. The van der Waals surface area contributed by atoms with Crippen molar-refractivity contribution >= 4 is 17.1 Å². The lowest BCUT2D eigenvalue weighted by atomic mass is 9.74. The van der Waals surface area contributed by atoms with Crippen LogP contribution in [0.4, 0.5) is 17.1 Å². The van der Waals surface area contributed by atoms with Crippen LogP contribution in [0, 0.1) is 0 Å². The minimum atomic E-state index is -0.299. The van der Waals surface area contributed by atoms with Gasteiger partial charge in [-0.2, -0.15) is 0 Å². The van der Waals surface area contributed by atoms with Gasteiger partial charge in [-0.3, -0.25) is 0 Å². The van der Waals surface area contributed by atoms with E-state index in [1.807, 2.05) is 0 Å². The highest BCUT2D eigenvalue weighted by atomic mass is 15.1. The number of anilines is 3. The van der Waals surface area contributed by atoms with Gasteiger partial charge in [0.25, 0.3) is 0 Å². The van der Waals surface area contributed by atoms with Crippen molar-refractivity contribution in [1.29, 1.82) is 0 Å². The van der Waals surface area contributed by atoms with E-state index in [0.717, 1.165) is 17.1 Å². The zero-order valence-electron chi connectivity index (χ0n) is 34.2. The van der Waals surface area contributed by atoms with Gasteiger partial charge in [0.1, 0.15) is 0 Å². The molecular formula is C59H45N. The molecule has 2 aliphatic carbocycles. The highest BCUT2D eigenvalue weighted by molar-refractivity contribution is 5.90. The number of fused-ring (bicyclic) bond motifs is 6. The van der Waals surface area contributed by atoms with Crippen molar-refractivity contribution in [1.82, 2.24) is 0 Å². The van der Waals surface area contributed by atoms with Crippen LogP contribution >= 0.6 is 0 Å². The van der Waals surface area contributed by atoms with Crippen LogP contribution in [-0.2, 0) is 10.8 Å². The fraction of sp³-hybridized carbons (Fsp3) is 0.0847. The highest BCUT2D eigenvalue weighted by Gasteiger charge is 2.41. The van der Waals surface area contributed by atoms with Gasteiger partial charge in [0.05, 0.1) is 0 Å². The molecule has 0 saturated carbocycles. The first-order chi connectivity index (χ1) is 29.4. The number of nitrogens with zero attached hydrogens (tertiary/aromatic N) is 1. The van der Waals surface area contributed by atoms with Crippen LogP contribution in [-0.4, -0.2) is 0 Å². The lowest BCUT2D eigenvalue weighted by molar-refractivity contribution is 0.662. The van der Waals surface area contributed by atoms with Gasteiger partial charge in [0.2, 0.25) is 0 Å². The lowest BCUT2D eigenvalue weighted by Gasteiger charge is -2.31. The number of hydrogen-bond acceptors (Lipinski definition) is 1. The summed E-state index contributed by atoms with van der Waals surface area (Å²) in [6.07, 6.45) is 0. The first-order valence-corrected chi connectivity index (χ1v) is 21.1.